The number of fused-ring (bicyclic) bond motifs is 1. The smallest absolute Gasteiger partial charge is 0.0123 e. The van der Waals surface area contributed by atoms with E-state index in [1.807, 2.05) is 0 Å². The summed E-state index contributed by atoms with van der Waals surface area (Å²) in [7, 11) is 0. The van der Waals surface area contributed by atoms with Gasteiger partial charge in [-0.3, -0.25) is 0 Å². The highest BCUT2D eigenvalue weighted by Gasteiger charge is 2.34. The maximum atomic E-state index is 3.68. The van der Waals surface area contributed by atoms with Crippen LogP contribution in [0.1, 0.15) is 64.2 Å². The quantitative estimate of drug-likeness (QED) is 0.824. The topological polar surface area (TPSA) is 15.3 Å². The molecule has 1 aliphatic carbocycles. The van der Waals surface area contributed by atoms with Crippen molar-refractivity contribution in [2.24, 2.45) is 5.92 Å². The molecule has 0 aromatic rings. The molecule has 2 heteroatoms. The lowest BCUT2D eigenvalue weighted by Crippen LogP contribution is -2.43. The molecule has 0 radical (unpaired) electrons. The number of nitrogens with zero attached hydrogens (tertiary/aromatic N) is 1. The molecule has 0 aromatic heterocycles. The zero-order valence-corrected chi connectivity index (χ0v) is 11.9. The fraction of sp³-hybridized carbons (Fsp3) is 1.00. The van der Waals surface area contributed by atoms with Crippen molar-refractivity contribution in [3.05, 3.63) is 0 Å². The molecule has 3 fully saturated rings. The van der Waals surface area contributed by atoms with Gasteiger partial charge >= 0.3 is 0 Å². The number of rotatable bonds is 4. The monoisotopic (exact) mass is 250 g/mol. The van der Waals surface area contributed by atoms with Gasteiger partial charge in [-0.05, 0) is 76.9 Å². The Labute approximate surface area is 113 Å². The van der Waals surface area contributed by atoms with Gasteiger partial charge in [-0.2, -0.15) is 0 Å². The summed E-state index contributed by atoms with van der Waals surface area (Å²) >= 11 is 0. The van der Waals surface area contributed by atoms with Crippen molar-refractivity contribution in [3.8, 4) is 0 Å². The highest BCUT2D eigenvalue weighted by Crippen LogP contribution is 2.36. The minimum absolute atomic E-state index is 0.836. The lowest BCUT2D eigenvalue weighted by molar-refractivity contribution is 0.110. The fourth-order valence-electron chi connectivity index (χ4n) is 4.55. The lowest BCUT2D eigenvalue weighted by Gasteiger charge is -2.38. The van der Waals surface area contributed by atoms with E-state index in [4.69, 9.17) is 0 Å². The van der Waals surface area contributed by atoms with E-state index in [2.05, 4.69) is 10.2 Å². The predicted octanol–water partition coefficient (Wildman–Crippen LogP) is 3.17. The normalized spacial score (nSPS) is 37.7. The molecule has 104 valence electrons. The number of hydrogen-bond acceptors (Lipinski definition) is 2. The summed E-state index contributed by atoms with van der Waals surface area (Å²) < 4.78 is 0. The fourth-order valence-corrected chi connectivity index (χ4v) is 4.55. The molecule has 1 N–H and O–H groups in total. The van der Waals surface area contributed by atoms with Gasteiger partial charge in [0.1, 0.15) is 0 Å². The lowest BCUT2D eigenvalue weighted by atomic mass is 9.91. The summed E-state index contributed by atoms with van der Waals surface area (Å²) in [6.45, 7) is 4.03. The molecule has 0 amide bonds. The summed E-state index contributed by atoms with van der Waals surface area (Å²) in [5, 5.41) is 3.68. The van der Waals surface area contributed by atoms with Crippen LogP contribution in [0.5, 0.6) is 0 Å². The van der Waals surface area contributed by atoms with E-state index in [0.29, 0.717) is 0 Å². The second kappa shape index (κ2) is 6.38. The molecular formula is C16H30N2. The first kappa shape index (κ1) is 12.9. The van der Waals surface area contributed by atoms with Crippen molar-refractivity contribution < 1.29 is 0 Å². The zero-order chi connectivity index (χ0) is 12.2. The molecular weight excluding hydrogens is 220 g/mol. The Bertz CT molecular complexity index is 247. The van der Waals surface area contributed by atoms with Crippen molar-refractivity contribution in [3.63, 3.8) is 0 Å². The van der Waals surface area contributed by atoms with Gasteiger partial charge in [0.2, 0.25) is 0 Å². The summed E-state index contributed by atoms with van der Waals surface area (Å²) in [4.78, 5) is 2.84. The number of nitrogens with one attached hydrogen (secondary N) is 1. The van der Waals surface area contributed by atoms with E-state index in [0.717, 1.165) is 18.0 Å². The largest absolute Gasteiger partial charge is 0.314 e. The average Bonchev–Trinajstić information content (AvgIpc) is 2.89. The molecule has 3 unspecified atom stereocenters. The highest BCUT2D eigenvalue weighted by atomic mass is 15.2. The van der Waals surface area contributed by atoms with E-state index in [-0.39, 0.29) is 0 Å². The van der Waals surface area contributed by atoms with Gasteiger partial charge in [0.25, 0.3) is 0 Å². The van der Waals surface area contributed by atoms with E-state index in [1.165, 1.54) is 83.8 Å². The first-order valence-corrected chi connectivity index (χ1v) is 8.41. The van der Waals surface area contributed by atoms with Crippen molar-refractivity contribution in [2.75, 3.05) is 19.6 Å². The summed E-state index contributed by atoms with van der Waals surface area (Å²) in [6.07, 6.45) is 14.6. The van der Waals surface area contributed by atoms with Crippen LogP contribution in [0.25, 0.3) is 0 Å². The third-order valence-electron chi connectivity index (χ3n) is 5.52. The third kappa shape index (κ3) is 3.08. The van der Waals surface area contributed by atoms with Crippen LogP contribution in [0.3, 0.4) is 0 Å². The second-order valence-corrected chi connectivity index (χ2v) is 6.73. The maximum absolute atomic E-state index is 3.68. The Kier molecular flexibility index (Phi) is 4.58. The van der Waals surface area contributed by atoms with Gasteiger partial charge in [-0.1, -0.05) is 12.8 Å². The second-order valence-electron chi connectivity index (χ2n) is 6.73. The van der Waals surface area contributed by atoms with E-state index >= 15 is 0 Å². The van der Waals surface area contributed by atoms with E-state index in [1.54, 1.807) is 0 Å². The van der Waals surface area contributed by atoms with Gasteiger partial charge in [0.05, 0.1) is 0 Å². The summed E-state index contributed by atoms with van der Waals surface area (Å²) in [6, 6.07) is 1.81. The summed E-state index contributed by atoms with van der Waals surface area (Å²) in [5.41, 5.74) is 0. The first-order valence-electron chi connectivity index (χ1n) is 8.41. The number of piperidine rings is 2. The van der Waals surface area contributed by atoms with Crippen molar-refractivity contribution >= 4 is 0 Å². The molecule has 1 saturated carbocycles. The van der Waals surface area contributed by atoms with Crippen LogP contribution in [0.4, 0.5) is 0 Å². The molecule has 2 saturated heterocycles. The minimum atomic E-state index is 0.836. The van der Waals surface area contributed by atoms with Gasteiger partial charge in [-0.25, -0.2) is 0 Å². The van der Waals surface area contributed by atoms with E-state index in [9.17, 15) is 0 Å². The van der Waals surface area contributed by atoms with Gasteiger partial charge in [0.15, 0.2) is 0 Å². The Hall–Kier alpha value is -0.0800. The van der Waals surface area contributed by atoms with Crippen molar-refractivity contribution in [2.45, 2.75) is 76.3 Å². The molecule has 2 heterocycles. The Morgan fingerprint density at radius 3 is 2.78 bits per heavy atom. The molecule has 3 aliphatic rings. The average molecular weight is 250 g/mol. The van der Waals surface area contributed by atoms with Crippen molar-refractivity contribution in [1.29, 1.82) is 0 Å². The van der Waals surface area contributed by atoms with Crippen LogP contribution in [-0.2, 0) is 0 Å². The molecule has 0 spiro atoms. The Morgan fingerprint density at radius 1 is 0.944 bits per heavy atom. The minimum Gasteiger partial charge on any atom is -0.314 e. The summed E-state index contributed by atoms with van der Waals surface area (Å²) in [5.74, 6) is 1.06. The molecule has 3 rings (SSSR count). The zero-order valence-electron chi connectivity index (χ0n) is 11.9. The predicted molar refractivity (Wildman–Crippen MR) is 76.8 cm³/mol. The van der Waals surface area contributed by atoms with Crippen LogP contribution in [0.2, 0.25) is 0 Å². The number of hydrogen-bond donors (Lipinski definition) is 1. The standard InChI is InChI=1S/C16H30N2/c1-2-11-17-15(8-1)9-5-13-18-12-4-7-14-6-3-10-16(14)18/h14-17H,1-13H2. The molecule has 2 aliphatic heterocycles. The van der Waals surface area contributed by atoms with Crippen molar-refractivity contribution in [1.82, 2.24) is 10.2 Å². The molecule has 3 atom stereocenters. The maximum Gasteiger partial charge on any atom is 0.0123 e. The van der Waals surface area contributed by atoms with Crippen LogP contribution < -0.4 is 5.32 Å². The van der Waals surface area contributed by atoms with Gasteiger partial charge in [-0.15, -0.1) is 0 Å². The van der Waals surface area contributed by atoms with E-state index < -0.39 is 0 Å². The molecule has 0 aromatic carbocycles. The van der Waals surface area contributed by atoms with Gasteiger partial charge in [0, 0.05) is 12.1 Å². The number of likely N-dealkylation sites (tertiary alicyclic amines) is 1. The van der Waals surface area contributed by atoms with Gasteiger partial charge < -0.3 is 10.2 Å². The highest BCUT2D eigenvalue weighted by molar-refractivity contribution is 4.89. The van der Waals surface area contributed by atoms with Crippen LogP contribution in [0.15, 0.2) is 0 Å². The first-order chi connectivity index (χ1) is 8.93. The van der Waals surface area contributed by atoms with Crippen LogP contribution in [-0.4, -0.2) is 36.6 Å². The third-order valence-corrected chi connectivity index (χ3v) is 5.52. The molecule has 0 bridgehead atoms. The van der Waals surface area contributed by atoms with Crippen LogP contribution in [0, 0.1) is 5.92 Å². The SMILES string of the molecule is C1CCC(CCCN2CCCC3CCCC32)NC1. The Balaban J connectivity index is 1.39. The Morgan fingerprint density at radius 2 is 1.89 bits per heavy atom. The molecule has 18 heavy (non-hydrogen) atoms. The van der Waals surface area contributed by atoms with Crippen LogP contribution >= 0.6 is 0 Å². The molecule has 2 nitrogen and oxygen atoms in total.